The highest BCUT2D eigenvalue weighted by Crippen LogP contribution is 2.39. The fourth-order valence-electron chi connectivity index (χ4n) is 4.17. The number of nitrogens with zero attached hydrogens (tertiary/aromatic N) is 3. The molecule has 2 aromatic heterocycles. The van der Waals surface area contributed by atoms with Gasteiger partial charge in [0.15, 0.2) is 5.88 Å². The minimum Gasteiger partial charge on any atom is -0.494 e. The van der Waals surface area contributed by atoms with Crippen LogP contribution in [-0.2, 0) is 4.74 Å². The number of fused-ring (bicyclic) bond motifs is 2. The Morgan fingerprint density at radius 2 is 1.94 bits per heavy atom. The molecule has 0 unspecified atom stereocenters. The third kappa shape index (κ3) is 4.06. The van der Waals surface area contributed by atoms with Crippen molar-refractivity contribution in [2.75, 3.05) is 39.5 Å². The lowest BCUT2D eigenvalue weighted by molar-refractivity contribution is 0.0358. The van der Waals surface area contributed by atoms with Crippen molar-refractivity contribution >= 4 is 21.8 Å². The molecule has 7 nitrogen and oxygen atoms in total. The molecule has 0 spiro atoms. The van der Waals surface area contributed by atoms with E-state index in [4.69, 9.17) is 9.47 Å². The Morgan fingerprint density at radius 3 is 2.81 bits per heavy atom. The van der Waals surface area contributed by atoms with E-state index in [0.717, 1.165) is 72.4 Å². The van der Waals surface area contributed by atoms with Gasteiger partial charge in [-0.25, -0.2) is 9.97 Å². The quantitative estimate of drug-likeness (QED) is 0.462. The van der Waals surface area contributed by atoms with Gasteiger partial charge in [0.2, 0.25) is 0 Å². The standard InChI is InChI=1S/C24H26N4O3/c1-16-3-5-18-21(13-16)27-24(29)22(18)23-19-6-4-17(14-20(19)25-15-26-23)31-10-2-7-28-8-11-30-12-9-28/h3-6,13-15,27,29H,2,7-12H2,1H3. The van der Waals surface area contributed by atoms with Gasteiger partial charge in [0, 0.05) is 42.0 Å². The largest absolute Gasteiger partial charge is 0.494 e. The van der Waals surface area contributed by atoms with Crippen molar-refractivity contribution in [3.63, 3.8) is 0 Å². The van der Waals surface area contributed by atoms with Crippen LogP contribution in [0.15, 0.2) is 42.7 Å². The van der Waals surface area contributed by atoms with Crippen molar-refractivity contribution in [3.05, 3.63) is 48.3 Å². The first-order valence-corrected chi connectivity index (χ1v) is 10.7. The van der Waals surface area contributed by atoms with Crippen LogP contribution in [0.3, 0.4) is 0 Å². The van der Waals surface area contributed by atoms with E-state index in [2.05, 4.69) is 19.9 Å². The van der Waals surface area contributed by atoms with E-state index in [0.29, 0.717) is 17.9 Å². The van der Waals surface area contributed by atoms with Gasteiger partial charge < -0.3 is 19.6 Å². The summed E-state index contributed by atoms with van der Waals surface area (Å²) in [7, 11) is 0. The third-order valence-electron chi connectivity index (χ3n) is 5.77. The average molecular weight is 418 g/mol. The predicted molar refractivity (Wildman–Crippen MR) is 121 cm³/mol. The molecule has 1 aliphatic rings. The van der Waals surface area contributed by atoms with E-state index in [1.807, 2.05) is 43.3 Å². The fourth-order valence-corrected chi connectivity index (χ4v) is 4.17. The summed E-state index contributed by atoms with van der Waals surface area (Å²) in [6, 6.07) is 11.9. The van der Waals surface area contributed by atoms with Gasteiger partial charge in [-0.2, -0.15) is 0 Å². The topological polar surface area (TPSA) is 83.5 Å². The number of rotatable bonds is 6. The maximum absolute atomic E-state index is 10.6. The van der Waals surface area contributed by atoms with Crippen LogP contribution in [0.4, 0.5) is 0 Å². The molecule has 0 bridgehead atoms. The molecule has 5 rings (SSSR count). The number of hydrogen-bond donors (Lipinski definition) is 2. The lowest BCUT2D eigenvalue weighted by atomic mass is 10.0. The second-order valence-electron chi connectivity index (χ2n) is 7.95. The summed E-state index contributed by atoms with van der Waals surface area (Å²) in [5.41, 5.74) is 4.21. The molecule has 31 heavy (non-hydrogen) atoms. The molecule has 4 aromatic rings. The molecular formula is C24H26N4O3. The van der Waals surface area contributed by atoms with E-state index in [1.54, 1.807) is 0 Å². The van der Waals surface area contributed by atoms with Crippen LogP contribution in [-0.4, -0.2) is 64.4 Å². The SMILES string of the molecule is Cc1ccc2c(-c3ncnc4cc(OCCCN5CCOCC5)ccc34)c(O)[nH]c2c1. The summed E-state index contributed by atoms with van der Waals surface area (Å²) in [6.45, 7) is 7.33. The molecule has 0 amide bonds. The number of morpholine rings is 1. The molecule has 0 radical (unpaired) electrons. The summed E-state index contributed by atoms with van der Waals surface area (Å²) in [6.07, 6.45) is 2.50. The van der Waals surface area contributed by atoms with E-state index < -0.39 is 0 Å². The molecule has 0 atom stereocenters. The molecule has 3 heterocycles. The summed E-state index contributed by atoms with van der Waals surface area (Å²) in [5.74, 6) is 0.905. The van der Waals surface area contributed by atoms with Gasteiger partial charge in [-0.15, -0.1) is 0 Å². The Kier molecular flexibility index (Phi) is 5.44. The van der Waals surface area contributed by atoms with Gasteiger partial charge in [0.05, 0.1) is 36.6 Å². The van der Waals surface area contributed by atoms with Gasteiger partial charge in [-0.1, -0.05) is 12.1 Å². The number of ether oxygens (including phenoxy) is 2. The van der Waals surface area contributed by atoms with Crippen molar-refractivity contribution in [2.24, 2.45) is 0 Å². The van der Waals surface area contributed by atoms with Gasteiger partial charge in [0.25, 0.3) is 0 Å². The van der Waals surface area contributed by atoms with Crippen molar-refractivity contribution < 1.29 is 14.6 Å². The van der Waals surface area contributed by atoms with Crippen LogP contribution in [0.5, 0.6) is 11.6 Å². The van der Waals surface area contributed by atoms with Crippen LogP contribution >= 0.6 is 0 Å². The number of nitrogens with one attached hydrogen (secondary N) is 1. The molecule has 0 saturated carbocycles. The van der Waals surface area contributed by atoms with Crippen molar-refractivity contribution in [1.82, 2.24) is 19.9 Å². The van der Waals surface area contributed by atoms with E-state index in [-0.39, 0.29) is 5.88 Å². The molecule has 2 aromatic carbocycles. The molecule has 1 aliphatic heterocycles. The van der Waals surface area contributed by atoms with Crippen molar-refractivity contribution in [1.29, 1.82) is 0 Å². The fraction of sp³-hybridized carbons (Fsp3) is 0.333. The van der Waals surface area contributed by atoms with Crippen LogP contribution in [0.1, 0.15) is 12.0 Å². The Labute approximate surface area is 180 Å². The third-order valence-corrected chi connectivity index (χ3v) is 5.77. The second-order valence-corrected chi connectivity index (χ2v) is 7.95. The van der Waals surface area contributed by atoms with Gasteiger partial charge in [-0.3, -0.25) is 4.90 Å². The van der Waals surface area contributed by atoms with E-state index in [1.165, 1.54) is 6.33 Å². The lowest BCUT2D eigenvalue weighted by Crippen LogP contribution is -2.37. The Balaban J connectivity index is 1.36. The smallest absolute Gasteiger partial charge is 0.199 e. The Hall–Kier alpha value is -3.16. The summed E-state index contributed by atoms with van der Waals surface area (Å²) in [5, 5.41) is 12.4. The summed E-state index contributed by atoms with van der Waals surface area (Å²) >= 11 is 0. The van der Waals surface area contributed by atoms with Crippen LogP contribution in [0.25, 0.3) is 33.1 Å². The summed E-state index contributed by atoms with van der Waals surface area (Å²) < 4.78 is 11.4. The number of benzene rings is 2. The maximum atomic E-state index is 10.6. The summed E-state index contributed by atoms with van der Waals surface area (Å²) in [4.78, 5) is 14.4. The number of aryl methyl sites for hydroxylation is 1. The zero-order chi connectivity index (χ0) is 21.2. The van der Waals surface area contributed by atoms with Gasteiger partial charge >= 0.3 is 0 Å². The average Bonchev–Trinajstić information content (AvgIpc) is 3.11. The van der Waals surface area contributed by atoms with E-state index in [9.17, 15) is 5.11 Å². The Morgan fingerprint density at radius 1 is 1.10 bits per heavy atom. The van der Waals surface area contributed by atoms with Crippen molar-refractivity contribution in [2.45, 2.75) is 13.3 Å². The number of aromatic amines is 1. The lowest BCUT2D eigenvalue weighted by Gasteiger charge is -2.26. The number of H-pyrrole nitrogens is 1. The molecule has 2 N–H and O–H groups in total. The zero-order valence-electron chi connectivity index (χ0n) is 17.6. The molecule has 7 heteroatoms. The van der Waals surface area contributed by atoms with Gasteiger partial charge in [-0.05, 0) is 37.1 Å². The number of aromatic nitrogens is 3. The normalized spacial score (nSPS) is 15.0. The van der Waals surface area contributed by atoms with Crippen LogP contribution < -0.4 is 4.74 Å². The predicted octanol–water partition coefficient (Wildman–Crippen LogP) is 3.89. The number of hydrogen-bond acceptors (Lipinski definition) is 6. The molecule has 1 fully saturated rings. The number of aromatic hydroxyl groups is 1. The molecule has 0 aliphatic carbocycles. The first-order chi connectivity index (χ1) is 15.2. The highest BCUT2D eigenvalue weighted by Gasteiger charge is 2.17. The van der Waals surface area contributed by atoms with Gasteiger partial charge in [0.1, 0.15) is 12.1 Å². The highest BCUT2D eigenvalue weighted by molar-refractivity contribution is 6.05. The highest BCUT2D eigenvalue weighted by atomic mass is 16.5. The van der Waals surface area contributed by atoms with Crippen molar-refractivity contribution in [3.8, 4) is 22.9 Å². The molecule has 1 saturated heterocycles. The Bertz CT molecular complexity index is 1210. The minimum absolute atomic E-state index is 0.115. The minimum atomic E-state index is 0.115. The molecular weight excluding hydrogens is 392 g/mol. The van der Waals surface area contributed by atoms with E-state index >= 15 is 0 Å². The zero-order valence-corrected chi connectivity index (χ0v) is 17.6. The molecule has 160 valence electrons. The second kappa shape index (κ2) is 8.53. The van der Waals surface area contributed by atoms with Crippen LogP contribution in [0, 0.1) is 6.92 Å². The van der Waals surface area contributed by atoms with Crippen LogP contribution in [0.2, 0.25) is 0 Å². The first-order valence-electron chi connectivity index (χ1n) is 10.7. The first kappa shape index (κ1) is 19.8. The monoisotopic (exact) mass is 418 g/mol. The maximum Gasteiger partial charge on any atom is 0.199 e.